The van der Waals surface area contributed by atoms with Crippen molar-refractivity contribution in [1.29, 1.82) is 0 Å². The molecule has 0 rings (SSSR count). The number of rotatable bonds is 6. The molecule has 0 bridgehead atoms. The van der Waals surface area contributed by atoms with Crippen molar-refractivity contribution in [2.75, 3.05) is 0 Å². The zero-order valence-electron chi connectivity index (χ0n) is 12.0. The van der Waals surface area contributed by atoms with Crippen LogP contribution < -0.4 is 5.32 Å². The van der Waals surface area contributed by atoms with Crippen molar-refractivity contribution in [1.82, 2.24) is 5.32 Å². The number of carbonyl (C=O) groups is 2. The first-order valence-electron chi connectivity index (χ1n) is 6.07. The van der Waals surface area contributed by atoms with E-state index in [4.69, 9.17) is 14.6 Å². The number of aliphatic hydroxyl groups excluding tert-OH is 1. The molecular weight excluding hydrogens is 254 g/mol. The Hall–Kier alpha value is -1.34. The normalized spacial score (nSPS) is 14.9. The summed E-state index contributed by atoms with van der Waals surface area (Å²) >= 11 is 0. The molecule has 0 unspecified atom stereocenters. The van der Waals surface area contributed by atoms with E-state index >= 15 is 0 Å². The van der Waals surface area contributed by atoms with Gasteiger partial charge in [-0.2, -0.15) is 0 Å². The van der Waals surface area contributed by atoms with Crippen LogP contribution in [0.3, 0.4) is 0 Å². The number of carboxylic acid groups (broad SMARTS) is 1. The zero-order chi connectivity index (χ0) is 15.2. The van der Waals surface area contributed by atoms with E-state index in [0.717, 1.165) is 0 Å². The van der Waals surface area contributed by atoms with Gasteiger partial charge in [0, 0.05) is 6.42 Å². The lowest BCUT2D eigenvalue weighted by molar-refractivity contribution is -0.152. The van der Waals surface area contributed by atoms with Crippen LogP contribution >= 0.6 is 0 Å². The van der Waals surface area contributed by atoms with E-state index in [1.807, 2.05) is 0 Å². The Labute approximate surface area is 112 Å². The number of amides is 1. The number of aliphatic hydroxyl groups is 1. The smallest absolute Gasteiger partial charge is 0.408 e. The lowest BCUT2D eigenvalue weighted by atomic mass is 10.2. The second-order valence-electron chi connectivity index (χ2n) is 5.41. The molecule has 0 aliphatic carbocycles. The molecule has 0 saturated carbocycles. The number of aliphatic carboxylic acids is 1. The number of nitrogens with one attached hydrogen (secondary N) is 1. The molecule has 0 saturated heterocycles. The molecule has 19 heavy (non-hydrogen) atoms. The summed E-state index contributed by atoms with van der Waals surface area (Å²) in [5.41, 5.74) is -0.722. The molecule has 0 heterocycles. The molecule has 0 aromatic rings. The van der Waals surface area contributed by atoms with Gasteiger partial charge in [-0.1, -0.05) is 0 Å². The van der Waals surface area contributed by atoms with Crippen LogP contribution in [0.15, 0.2) is 0 Å². The van der Waals surface area contributed by atoms with Crippen LogP contribution in [0, 0.1) is 0 Å². The SMILES string of the molecule is CC(C)O[C@H](O)C[C@H](NC(=O)OC(C)(C)C)C(=O)O. The highest BCUT2D eigenvalue weighted by Crippen LogP contribution is 2.09. The fraction of sp³-hybridized carbons (Fsp3) is 0.833. The van der Waals surface area contributed by atoms with Gasteiger partial charge in [0.15, 0.2) is 6.29 Å². The number of ether oxygens (including phenoxy) is 2. The summed E-state index contributed by atoms with van der Waals surface area (Å²) in [4.78, 5) is 22.4. The lowest BCUT2D eigenvalue weighted by Gasteiger charge is -2.23. The summed E-state index contributed by atoms with van der Waals surface area (Å²) in [6.07, 6.45) is -2.62. The molecular formula is C12H23NO6. The number of carbonyl (C=O) groups excluding carboxylic acids is 1. The summed E-state index contributed by atoms with van der Waals surface area (Å²) in [6.45, 7) is 8.41. The molecule has 7 nitrogen and oxygen atoms in total. The van der Waals surface area contributed by atoms with E-state index in [1.165, 1.54) is 0 Å². The minimum atomic E-state index is -1.27. The molecule has 0 aliphatic heterocycles. The predicted octanol–water partition coefficient (Wildman–Crippen LogP) is 1.10. The van der Waals surface area contributed by atoms with Crippen LogP contribution in [0.1, 0.15) is 41.0 Å². The van der Waals surface area contributed by atoms with Crippen LogP contribution in [0.5, 0.6) is 0 Å². The van der Waals surface area contributed by atoms with Crippen molar-refractivity contribution < 1.29 is 29.3 Å². The largest absolute Gasteiger partial charge is 0.480 e. The Balaban J connectivity index is 4.42. The molecule has 3 N–H and O–H groups in total. The van der Waals surface area contributed by atoms with Crippen LogP contribution in [0.4, 0.5) is 4.79 Å². The van der Waals surface area contributed by atoms with Gasteiger partial charge >= 0.3 is 12.1 Å². The van der Waals surface area contributed by atoms with E-state index in [-0.39, 0.29) is 12.5 Å². The Morgan fingerprint density at radius 1 is 1.26 bits per heavy atom. The third-order valence-electron chi connectivity index (χ3n) is 1.86. The molecule has 0 radical (unpaired) electrons. The van der Waals surface area contributed by atoms with Gasteiger partial charge in [0.25, 0.3) is 0 Å². The van der Waals surface area contributed by atoms with E-state index in [2.05, 4.69) is 5.32 Å². The van der Waals surface area contributed by atoms with E-state index in [0.29, 0.717) is 0 Å². The highest BCUT2D eigenvalue weighted by molar-refractivity contribution is 5.80. The maximum atomic E-state index is 11.5. The van der Waals surface area contributed by atoms with Gasteiger partial charge in [-0.15, -0.1) is 0 Å². The van der Waals surface area contributed by atoms with Gasteiger partial charge in [-0.3, -0.25) is 0 Å². The molecule has 1 amide bonds. The summed E-state index contributed by atoms with van der Waals surface area (Å²) in [5, 5.41) is 20.6. The standard InChI is InChI=1S/C12H23NO6/c1-7(2)18-9(14)6-8(10(15)16)13-11(17)19-12(3,4)5/h7-9,14H,6H2,1-5H3,(H,13,17)(H,15,16)/t8-,9-/m0/s1. The van der Waals surface area contributed by atoms with Crippen molar-refractivity contribution in [3.63, 3.8) is 0 Å². The molecule has 0 aliphatic rings. The van der Waals surface area contributed by atoms with Gasteiger partial charge < -0.3 is 25.0 Å². The first-order chi connectivity index (χ1) is 8.51. The monoisotopic (exact) mass is 277 g/mol. The number of carboxylic acids is 1. The minimum Gasteiger partial charge on any atom is -0.480 e. The predicted molar refractivity (Wildman–Crippen MR) is 67.6 cm³/mol. The fourth-order valence-electron chi connectivity index (χ4n) is 1.24. The Morgan fingerprint density at radius 3 is 2.16 bits per heavy atom. The molecule has 0 fully saturated rings. The second-order valence-corrected chi connectivity index (χ2v) is 5.41. The van der Waals surface area contributed by atoms with Crippen molar-refractivity contribution >= 4 is 12.1 Å². The molecule has 112 valence electrons. The van der Waals surface area contributed by atoms with Crippen LogP contribution in [-0.4, -0.2) is 46.3 Å². The average molecular weight is 277 g/mol. The molecule has 2 atom stereocenters. The van der Waals surface area contributed by atoms with Crippen molar-refractivity contribution in [2.24, 2.45) is 0 Å². The maximum Gasteiger partial charge on any atom is 0.408 e. The Morgan fingerprint density at radius 2 is 1.79 bits per heavy atom. The van der Waals surface area contributed by atoms with Crippen molar-refractivity contribution in [3.8, 4) is 0 Å². The maximum absolute atomic E-state index is 11.5. The number of alkyl carbamates (subject to hydrolysis) is 1. The third kappa shape index (κ3) is 9.26. The van der Waals surface area contributed by atoms with Crippen LogP contribution in [-0.2, 0) is 14.3 Å². The first-order valence-corrected chi connectivity index (χ1v) is 6.07. The second kappa shape index (κ2) is 7.30. The molecule has 7 heteroatoms. The van der Waals surface area contributed by atoms with Crippen LogP contribution in [0.2, 0.25) is 0 Å². The quantitative estimate of drug-likeness (QED) is 0.628. The third-order valence-corrected chi connectivity index (χ3v) is 1.86. The van der Waals surface area contributed by atoms with Gasteiger partial charge in [0.05, 0.1) is 6.10 Å². The molecule has 0 spiro atoms. The lowest BCUT2D eigenvalue weighted by Crippen LogP contribution is -2.45. The minimum absolute atomic E-state index is 0.244. The van der Waals surface area contributed by atoms with Crippen molar-refractivity contribution in [2.45, 2.75) is 65.1 Å². The summed E-state index contributed by atoms with van der Waals surface area (Å²) in [6, 6.07) is -1.27. The Kier molecular flexibility index (Phi) is 6.78. The molecule has 0 aromatic heterocycles. The summed E-state index contributed by atoms with van der Waals surface area (Å²) in [5.74, 6) is -1.27. The average Bonchev–Trinajstić information content (AvgIpc) is 2.11. The van der Waals surface area contributed by atoms with Gasteiger partial charge in [0.2, 0.25) is 0 Å². The first kappa shape index (κ1) is 17.7. The summed E-state index contributed by atoms with van der Waals surface area (Å²) in [7, 11) is 0. The fourth-order valence-corrected chi connectivity index (χ4v) is 1.24. The van der Waals surface area contributed by atoms with Gasteiger partial charge in [0.1, 0.15) is 11.6 Å². The van der Waals surface area contributed by atoms with E-state index < -0.39 is 30.0 Å². The number of hydrogen-bond donors (Lipinski definition) is 3. The van der Waals surface area contributed by atoms with Gasteiger partial charge in [-0.25, -0.2) is 9.59 Å². The van der Waals surface area contributed by atoms with E-state index in [1.54, 1.807) is 34.6 Å². The van der Waals surface area contributed by atoms with E-state index in [9.17, 15) is 14.7 Å². The molecule has 0 aromatic carbocycles. The summed E-state index contributed by atoms with van der Waals surface area (Å²) < 4.78 is 9.96. The topological polar surface area (TPSA) is 105 Å². The highest BCUT2D eigenvalue weighted by atomic mass is 16.6. The van der Waals surface area contributed by atoms with Crippen LogP contribution in [0.25, 0.3) is 0 Å². The number of hydrogen-bond acceptors (Lipinski definition) is 5. The van der Waals surface area contributed by atoms with Gasteiger partial charge in [-0.05, 0) is 34.6 Å². The Bertz CT molecular complexity index is 310. The zero-order valence-corrected chi connectivity index (χ0v) is 12.0. The highest BCUT2D eigenvalue weighted by Gasteiger charge is 2.26. The van der Waals surface area contributed by atoms with Crippen molar-refractivity contribution in [3.05, 3.63) is 0 Å².